The molecule has 74 valence electrons. The lowest BCUT2D eigenvalue weighted by atomic mass is 11.4. The molecule has 0 aliphatic heterocycles. The molecule has 0 heterocycles. The molecule has 12 heavy (non-hydrogen) atoms. The highest BCUT2D eigenvalue weighted by molar-refractivity contribution is 8.13. The van der Waals surface area contributed by atoms with E-state index in [0.717, 1.165) is 14.2 Å². The van der Waals surface area contributed by atoms with E-state index in [0.29, 0.717) is 0 Å². The SMILES string of the molecule is COP(=O)(O)OC.CSC(=N)N. The van der Waals surface area contributed by atoms with Crippen LogP contribution in [0.1, 0.15) is 0 Å². The Balaban J connectivity index is 0. The zero-order valence-corrected chi connectivity index (χ0v) is 8.82. The van der Waals surface area contributed by atoms with Gasteiger partial charge in [0.05, 0.1) is 0 Å². The molecule has 4 N–H and O–H groups in total. The van der Waals surface area contributed by atoms with Gasteiger partial charge in [0, 0.05) is 14.2 Å². The first kappa shape index (κ1) is 14.5. The second kappa shape index (κ2) is 7.57. The topological polar surface area (TPSA) is 106 Å². The second-order valence-electron chi connectivity index (χ2n) is 1.40. The molecule has 0 aromatic carbocycles. The van der Waals surface area contributed by atoms with Crippen LogP contribution in [0.15, 0.2) is 0 Å². The largest absolute Gasteiger partial charge is 0.471 e. The van der Waals surface area contributed by atoms with Crippen molar-refractivity contribution in [2.45, 2.75) is 0 Å². The Morgan fingerprint density at radius 2 is 1.83 bits per heavy atom. The molecule has 0 atom stereocenters. The fraction of sp³-hybridized carbons (Fsp3) is 0.750. The van der Waals surface area contributed by atoms with Crippen LogP contribution in [0.4, 0.5) is 0 Å². The molecule has 8 heteroatoms. The predicted octanol–water partition coefficient (Wildman–Crippen LogP) is 0.622. The fourth-order valence-electron chi connectivity index (χ4n) is 0.0745. The molecule has 0 unspecified atom stereocenters. The second-order valence-corrected chi connectivity index (χ2v) is 3.92. The smallest absolute Gasteiger partial charge is 0.379 e. The van der Waals surface area contributed by atoms with Crippen molar-refractivity contribution in [3.8, 4) is 0 Å². The van der Waals surface area contributed by atoms with E-state index in [1.54, 1.807) is 6.26 Å². The van der Waals surface area contributed by atoms with Gasteiger partial charge in [0.25, 0.3) is 0 Å². The van der Waals surface area contributed by atoms with E-state index < -0.39 is 7.82 Å². The van der Waals surface area contributed by atoms with Gasteiger partial charge >= 0.3 is 7.82 Å². The quantitative estimate of drug-likeness (QED) is 0.355. The molecule has 0 aliphatic rings. The number of rotatable bonds is 2. The van der Waals surface area contributed by atoms with Crippen LogP contribution in [0.25, 0.3) is 0 Å². The van der Waals surface area contributed by atoms with Crippen LogP contribution < -0.4 is 5.73 Å². The normalized spacial score (nSPS) is 10.0. The fourth-order valence-corrected chi connectivity index (χ4v) is 0.224. The molecular weight excluding hydrogens is 203 g/mol. The molecule has 0 saturated heterocycles. The minimum absolute atomic E-state index is 0.171. The lowest BCUT2D eigenvalue weighted by Crippen LogP contribution is -2.01. The monoisotopic (exact) mass is 216 g/mol. The van der Waals surface area contributed by atoms with Gasteiger partial charge in [-0.05, 0) is 6.26 Å². The number of phosphoric ester groups is 1. The van der Waals surface area contributed by atoms with Gasteiger partial charge in [-0.1, -0.05) is 11.8 Å². The Kier molecular flexibility index (Phi) is 9.12. The van der Waals surface area contributed by atoms with E-state index in [1.165, 1.54) is 11.8 Å². The zero-order chi connectivity index (χ0) is 10.2. The van der Waals surface area contributed by atoms with Crippen molar-refractivity contribution in [3.05, 3.63) is 0 Å². The highest BCUT2D eigenvalue weighted by Gasteiger charge is 2.13. The summed E-state index contributed by atoms with van der Waals surface area (Å²) in [5.74, 6) is 0. The van der Waals surface area contributed by atoms with Crippen LogP contribution in [0.5, 0.6) is 0 Å². The minimum atomic E-state index is -3.65. The molecule has 0 spiro atoms. The maximum absolute atomic E-state index is 10.1. The van der Waals surface area contributed by atoms with Gasteiger partial charge in [0.1, 0.15) is 0 Å². The average molecular weight is 216 g/mol. The van der Waals surface area contributed by atoms with Gasteiger partial charge < -0.3 is 10.6 Å². The van der Waals surface area contributed by atoms with Crippen LogP contribution in [-0.2, 0) is 13.6 Å². The van der Waals surface area contributed by atoms with Crippen molar-refractivity contribution in [1.29, 1.82) is 5.41 Å². The van der Waals surface area contributed by atoms with Crippen LogP contribution in [-0.4, -0.2) is 30.5 Å². The standard InChI is InChI=1S/C2H6N2S.C2H7O4P/c1-5-2(3)4;1-5-7(3,4)6-2/h1H3,(H3,3,4);1-2H3,(H,3,4). The summed E-state index contributed by atoms with van der Waals surface area (Å²) in [5, 5.41) is 6.66. The van der Waals surface area contributed by atoms with Crippen LogP contribution in [0.2, 0.25) is 0 Å². The summed E-state index contributed by atoms with van der Waals surface area (Å²) in [6.45, 7) is 0. The molecule has 0 radical (unpaired) electrons. The van der Waals surface area contributed by atoms with Gasteiger partial charge in [-0.15, -0.1) is 0 Å². The summed E-state index contributed by atoms with van der Waals surface area (Å²) in [4.78, 5) is 8.24. The average Bonchev–Trinajstić information content (AvgIpc) is 2.05. The van der Waals surface area contributed by atoms with Crippen LogP contribution >= 0.6 is 19.6 Å². The molecule has 0 saturated carbocycles. The van der Waals surface area contributed by atoms with Crippen molar-refractivity contribution < 1.29 is 18.5 Å². The summed E-state index contributed by atoms with van der Waals surface area (Å²) in [5.41, 5.74) is 4.84. The van der Waals surface area contributed by atoms with E-state index in [-0.39, 0.29) is 5.17 Å². The lowest BCUT2D eigenvalue weighted by Gasteiger charge is -2.01. The maximum atomic E-state index is 10.1. The van der Waals surface area contributed by atoms with E-state index in [4.69, 9.17) is 16.0 Å². The number of amidine groups is 1. The molecule has 0 rings (SSSR count). The Labute approximate surface area is 75.6 Å². The number of phosphoric acid groups is 1. The van der Waals surface area contributed by atoms with E-state index in [2.05, 4.69) is 9.05 Å². The van der Waals surface area contributed by atoms with Gasteiger partial charge in [-0.25, -0.2) is 4.57 Å². The Morgan fingerprint density at radius 3 is 1.83 bits per heavy atom. The molecule has 0 bridgehead atoms. The van der Waals surface area contributed by atoms with Gasteiger partial charge in [-0.2, -0.15) is 0 Å². The summed E-state index contributed by atoms with van der Waals surface area (Å²) < 4.78 is 18.0. The highest BCUT2D eigenvalue weighted by Crippen LogP contribution is 2.40. The number of nitrogens with two attached hydrogens (primary N) is 1. The van der Waals surface area contributed by atoms with Crippen LogP contribution in [0.3, 0.4) is 0 Å². The molecule has 0 amide bonds. The van der Waals surface area contributed by atoms with Crippen LogP contribution in [0, 0.1) is 5.41 Å². The molecule has 6 nitrogen and oxygen atoms in total. The number of hydrogen-bond acceptors (Lipinski definition) is 5. The highest BCUT2D eigenvalue weighted by atomic mass is 32.2. The Bertz CT molecular complexity index is 168. The third kappa shape index (κ3) is 12.6. The first-order chi connectivity index (χ1) is 5.39. The molecule has 0 fully saturated rings. The summed E-state index contributed by atoms with van der Waals surface area (Å²) in [6.07, 6.45) is 1.77. The number of thioether (sulfide) groups is 1. The Morgan fingerprint density at radius 1 is 1.58 bits per heavy atom. The molecular formula is C4H13N2O4PS. The van der Waals surface area contributed by atoms with E-state index in [9.17, 15) is 4.57 Å². The zero-order valence-electron chi connectivity index (χ0n) is 7.10. The predicted molar refractivity (Wildman–Crippen MR) is 49.3 cm³/mol. The third-order valence-corrected chi connectivity index (χ3v) is 2.04. The molecule has 0 aliphatic carbocycles. The maximum Gasteiger partial charge on any atom is 0.471 e. The van der Waals surface area contributed by atoms with Crippen molar-refractivity contribution in [3.63, 3.8) is 0 Å². The number of nitrogens with one attached hydrogen (secondary N) is 1. The minimum Gasteiger partial charge on any atom is -0.379 e. The lowest BCUT2D eigenvalue weighted by molar-refractivity contribution is 0.204. The number of hydrogen-bond donors (Lipinski definition) is 3. The Hall–Kier alpha value is -0.0700. The summed E-state index contributed by atoms with van der Waals surface area (Å²) >= 11 is 1.24. The molecule has 0 aromatic heterocycles. The van der Waals surface area contributed by atoms with E-state index in [1.807, 2.05) is 0 Å². The molecule has 0 aromatic rings. The van der Waals surface area contributed by atoms with Crippen molar-refractivity contribution in [1.82, 2.24) is 0 Å². The van der Waals surface area contributed by atoms with Crippen molar-refractivity contribution in [2.75, 3.05) is 20.5 Å². The summed E-state index contributed by atoms with van der Waals surface area (Å²) in [6, 6.07) is 0. The van der Waals surface area contributed by atoms with E-state index >= 15 is 0 Å². The van der Waals surface area contributed by atoms with Gasteiger partial charge in [0.15, 0.2) is 5.17 Å². The van der Waals surface area contributed by atoms with Crippen molar-refractivity contribution >= 4 is 24.8 Å². The van der Waals surface area contributed by atoms with Gasteiger partial charge in [0.2, 0.25) is 0 Å². The first-order valence-corrected chi connectivity index (χ1v) is 5.44. The third-order valence-electron chi connectivity index (χ3n) is 0.681. The van der Waals surface area contributed by atoms with Gasteiger partial charge in [-0.3, -0.25) is 14.5 Å². The van der Waals surface area contributed by atoms with Crippen molar-refractivity contribution in [2.24, 2.45) is 5.73 Å². The summed E-state index contributed by atoms with van der Waals surface area (Å²) in [7, 11) is -1.45. The first-order valence-electron chi connectivity index (χ1n) is 2.72.